The predicted molar refractivity (Wildman–Crippen MR) is 105 cm³/mol. The Bertz CT molecular complexity index is 1150. The number of hydrogen-bond acceptors (Lipinski definition) is 3. The van der Waals surface area contributed by atoms with E-state index in [4.69, 9.17) is 9.15 Å². The largest absolute Gasteiger partial charge is 0.494 e. The molecule has 0 fully saturated rings. The fraction of sp³-hybridized carbons (Fsp3) is 0.174. The van der Waals surface area contributed by atoms with E-state index in [1.165, 1.54) is 12.1 Å². The van der Waals surface area contributed by atoms with Crippen molar-refractivity contribution in [3.05, 3.63) is 71.8 Å². The molecule has 0 aliphatic heterocycles. The first-order chi connectivity index (χ1) is 13.5. The molecule has 0 saturated carbocycles. The summed E-state index contributed by atoms with van der Waals surface area (Å²) in [4.78, 5) is 4.37. The molecule has 0 radical (unpaired) electrons. The Morgan fingerprint density at radius 3 is 2.46 bits per heavy atom. The summed E-state index contributed by atoms with van der Waals surface area (Å²) < 4.78 is 40.3. The lowest BCUT2D eigenvalue weighted by Gasteiger charge is -2.09. The predicted octanol–water partition coefficient (Wildman–Crippen LogP) is 6.54. The van der Waals surface area contributed by atoms with Gasteiger partial charge in [0.2, 0.25) is 5.89 Å². The summed E-state index contributed by atoms with van der Waals surface area (Å²) in [6.07, 6.45) is 0.839. The van der Waals surface area contributed by atoms with Crippen LogP contribution in [0.15, 0.2) is 59.0 Å². The van der Waals surface area contributed by atoms with E-state index in [0.717, 1.165) is 12.0 Å². The maximum atomic E-state index is 14.8. The lowest BCUT2D eigenvalue weighted by atomic mass is 10.0. The van der Waals surface area contributed by atoms with Crippen LogP contribution in [0.3, 0.4) is 0 Å². The zero-order valence-electron chi connectivity index (χ0n) is 15.6. The van der Waals surface area contributed by atoms with E-state index >= 15 is 0 Å². The summed E-state index contributed by atoms with van der Waals surface area (Å²) >= 11 is 0. The molecule has 3 aromatic carbocycles. The second-order valence-electron chi connectivity index (χ2n) is 6.67. The molecule has 4 aromatic rings. The third-order valence-corrected chi connectivity index (χ3v) is 4.47. The van der Waals surface area contributed by atoms with Crippen LogP contribution in [-0.4, -0.2) is 11.6 Å². The van der Waals surface area contributed by atoms with Crippen molar-refractivity contribution in [2.75, 3.05) is 6.61 Å². The number of rotatable bonds is 5. The first-order valence-electron chi connectivity index (χ1n) is 9.15. The summed E-state index contributed by atoms with van der Waals surface area (Å²) in [5.74, 6) is -0.319. The number of benzene rings is 3. The van der Waals surface area contributed by atoms with Crippen LogP contribution in [0.4, 0.5) is 8.78 Å². The molecule has 5 heteroatoms. The van der Waals surface area contributed by atoms with Crippen molar-refractivity contribution in [3.63, 3.8) is 0 Å². The van der Waals surface area contributed by atoms with Gasteiger partial charge < -0.3 is 9.15 Å². The summed E-state index contributed by atoms with van der Waals surface area (Å²) in [5, 5.41) is 0. The van der Waals surface area contributed by atoms with E-state index in [2.05, 4.69) is 4.98 Å². The first-order valence-corrected chi connectivity index (χ1v) is 9.15. The highest BCUT2D eigenvalue weighted by Gasteiger charge is 2.15. The van der Waals surface area contributed by atoms with E-state index in [-0.39, 0.29) is 11.5 Å². The topological polar surface area (TPSA) is 35.3 Å². The molecule has 28 heavy (non-hydrogen) atoms. The Kier molecular flexibility index (Phi) is 4.82. The number of aryl methyl sites for hydroxylation is 1. The molecule has 0 unspecified atom stereocenters. The molecule has 142 valence electrons. The van der Waals surface area contributed by atoms with E-state index in [1.54, 1.807) is 24.3 Å². The maximum absolute atomic E-state index is 14.8. The van der Waals surface area contributed by atoms with Crippen molar-refractivity contribution in [2.24, 2.45) is 0 Å². The molecule has 0 amide bonds. The molecular weight excluding hydrogens is 360 g/mol. The smallest absolute Gasteiger partial charge is 0.230 e. The van der Waals surface area contributed by atoms with Gasteiger partial charge in [0.1, 0.15) is 22.9 Å². The third-order valence-electron chi connectivity index (χ3n) is 4.47. The Balaban J connectivity index is 1.67. The lowest BCUT2D eigenvalue weighted by Crippen LogP contribution is -1.96. The Morgan fingerprint density at radius 1 is 0.929 bits per heavy atom. The fourth-order valence-corrected chi connectivity index (χ4v) is 3.05. The quantitative estimate of drug-likeness (QED) is 0.395. The summed E-state index contributed by atoms with van der Waals surface area (Å²) in [5.41, 5.74) is 3.30. The van der Waals surface area contributed by atoms with Crippen molar-refractivity contribution in [1.82, 2.24) is 4.98 Å². The molecular formula is C23H19F2NO2. The van der Waals surface area contributed by atoms with Gasteiger partial charge in [0.15, 0.2) is 5.58 Å². The number of hydrogen-bond donors (Lipinski definition) is 0. The van der Waals surface area contributed by atoms with Crippen molar-refractivity contribution >= 4 is 11.1 Å². The van der Waals surface area contributed by atoms with Gasteiger partial charge in [-0.25, -0.2) is 13.8 Å². The van der Waals surface area contributed by atoms with Crippen LogP contribution in [0.1, 0.15) is 18.9 Å². The van der Waals surface area contributed by atoms with Crippen molar-refractivity contribution in [2.45, 2.75) is 20.3 Å². The monoisotopic (exact) mass is 379 g/mol. The summed E-state index contributed by atoms with van der Waals surface area (Å²) in [6.45, 7) is 4.45. The number of oxazole rings is 1. The average Bonchev–Trinajstić information content (AvgIpc) is 3.09. The van der Waals surface area contributed by atoms with Crippen LogP contribution < -0.4 is 4.74 Å². The highest BCUT2D eigenvalue weighted by molar-refractivity contribution is 5.77. The molecule has 0 N–H and O–H groups in total. The van der Waals surface area contributed by atoms with Gasteiger partial charge in [0.05, 0.1) is 12.2 Å². The van der Waals surface area contributed by atoms with Crippen molar-refractivity contribution < 1.29 is 17.9 Å². The van der Waals surface area contributed by atoms with Gasteiger partial charge in [-0.05, 0) is 60.9 Å². The Hall–Kier alpha value is -3.21. The maximum Gasteiger partial charge on any atom is 0.230 e. The van der Waals surface area contributed by atoms with Gasteiger partial charge in [-0.2, -0.15) is 0 Å². The second-order valence-corrected chi connectivity index (χ2v) is 6.67. The number of ether oxygens (including phenoxy) is 1. The van der Waals surface area contributed by atoms with Crippen molar-refractivity contribution in [1.29, 1.82) is 0 Å². The minimum atomic E-state index is -0.522. The van der Waals surface area contributed by atoms with Gasteiger partial charge in [-0.1, -0.05) is 19.1 Å². The van der Waals surface area contributed by atoms with Crippen molar-refractivity contribution in [3.8, 4) is 28.3 Å². The highest BCUT2D eigenvalue weighted by atomic mass is 19.1. The van der Waals surface area contributed by atoms with Gasteiger partial charge >= 0.3 is 0 Å². The van der Waals surface area contributed by atoms with Crippen LogP contribution >= 0.6 is 0 Å². The van der Waals surface area contributed by atoms with Gasteiger partial charge in [0.25, 0.3) is 0 Å². The normalized spacial score (nSPS) is 11.1. The number of nitrogens with zero attached hydrogens (tertiary/aromatic N) is 1. The average molecular weight is 379 g/mol. The molecule has 0 bridgehead atoms. The zero-order chi connectivity index (χ0) is 19.7. The minimum absolute atomic E-state index is 0.202. The molecule has 0 saturated heterocycles. The van der Waals surface area contributed by atoms with Crippen LogP contribution in [-0.2, 0) is 0 Å². The third kappa shape index (κ3) is 3.48. The number of fused-ring (bicyclic) bond motifs is 1. The second kappa shape index (κ2) is 7.43. The van der Waals surface area contributed by atoms with Gasteiger partial charge in [-0.15, -0.1) is 0 Å². The Labute approximate surface area is 161 Å². The van der Waals surface area contributed by atoms with Crippen LogP contribution in [0.2, 0.25) is 0 Å². The minimum Gasteiger partial charge on any atom is -0.494 e. The number of aromatic nitrogens is 1. The van der Waals surface area contributed by atoms with Crippen LogP contribution in [0, 0.1) is 18.6 Å². The fourth-order valence-electron chi connectivity index (χ4n) is 3.05. The molecule has 4 rings (SSSR count). The molecule has 1 heterocycles. The first kappa shape index (κ1) is 18.2. The molecule has 1 aromatic heterocycles. The van der Waals surface area contributed by atoms with Gasteiger partial charge in [0, 0.05) is 11.6 Å². The molecule has 0 aliphatic carbocycles. The van der Waals surface area contributed by atoms with E-state index in [0.29, 0.717) is 34.6 Å². The van der Waals surface area contributed by atoms with Crippen LogP contribution in [0.5, 0.6) is 5.75 Å². The van der Waals surface area contributed by atoms with Crippen LogP contribution in [0.25, 0.3) is 33.7 Å². The molecule has 0 atom stereocenters. The standard InChI is InChI=1S/C23H19F2NO2/c1-3-10-27-16-6-8-17(20(25)13-16)15-5-7-18(19(24)12-15)23-26-21-11-14(2)4-9-22(21)28-23/h4-9,11-13H,3,10H2,1-2H3. The lowest BCUT2D eigenvalue weighted by molar-refractivity contribution is 0.316. The summed E-state index contributed by atoms with van der Waals surface area (Å²) in [7, 11) is 0. The van der Waals surface area contributed by atoms with E-state index < -0.39 is 11.6 Å². The van der Waals surface area contributed by atoms with Gasteiger partial charge in [-0.3, -0.25) is 0 Å². The number of halogens is 2. The zero-order valence-corrected chi connectivity index (χ0v) is 15.6. The molecule has 3 nitrogen and oxygen atoms in total. The molecule has 0 aliphatic rings. The van der Waals surface area contributed by atoms with E-state index in [9.17, 15) is 8.78 Å². The Morgan fingerprint density at radius 2 is 1.71 bits per heavy atom. The molecule has 0 spiro atoms. The van der Waals surface area contributed by atoms with E-state index in [1.807, 2.05) is 32.0 Å². The highest BCUT2D eigenvalue weighted by Crippen LogP contribution is 2.32. The summed E-state index contributed by atoms with van der Waals surface area (Å²) in [6, 6.07) is 14.7. The SMILES string of the molecule is CCCOc1ccc(-c2ccc(-c3nc4cc(C)ccc4o3)c(F)c2)c(F)c1.